The first-order valence-corrected chi connectivity index (χ1v) is 12.2. The van der Waals surface area contributed by atoms with Crippen molar-refractivity contribution < 1.29 is 14.3 Å². The monoisotopic (exact) mass is 475 g/mol. The summed E-state index contributed by atoms with van der Waals surface area (Å²) in [6.45, 7) is 6.50. The molecule has 4 rings (SSSR count). The van der Waals surface area contributed by atoms with Crippen molar-refractivity contribution in [1.82, 2.24) is 14.7 Å². The van der Waals surface area contributed by atoms with Crippen LogP contribution in [0.5, 0.6) is 17.4 Å². The Kier molecular flexibility index (Phi) is 7.33. The molecule has 1 atom stereocenters. The molecule has 2 aromatic heterocycles. The number of carbonyl (C=O) groups is 1. The van der Waals surface area contributed by atoms with Crippen LogP contribution in [0.3, 0.4) is 0 Å². The van der Waals surface area contributed by atoms with Crippen LogP contribution < -0.4 is 9.47 Å². The fourth-order valence-corrected chi connectivity index (χ4v) is 4.42. The second-order valence-electron chi connectivity index (χ2n) is 8.04. The third-order valence-corrected chi connectivity index (χ3v) is 6.72. The second-order valence-corrected chi connectivity index (χ2v) is 8.98. The first-order chi connectivity index (χ1) is 16.5. The van der Waals surface area contributed by atoms with Crippen LogP contribution >= 0.6 is 11.3 Å². The van der Waals surface area contributed by atoms with Gasteiger partial charge in [-0.1, -0.05) is 43.3 Å². The van der Waals surface area contributed by atoms with E-state index in [-0.39, 0.29) is 11.9 Å². The van der Waals surface area contributed by atoms with E-state index in [1.807, 2.05) is 83.9 Å². The van der Waals surface area contributed by atoms with Gasteiger partial charge in [0.25, 0.3) is 5.91 Å². The number of hydrogen-bond donors (Lipinski definition) is 0. The maximum atomic E-state index is 13.4. The normalized spacial score (nSPS) is 11.8. The Balaban J connectivity index is 1.81. The van der Waals surface area contributed by atoms with E-state index in [1.54, 1.807) is 11.8 Å². The van der Waals surface area contributed by atoms with Crippen LogP contribution in [-0.4, -0.2) is 33.7 Å². The van der Waals surface area contributed by atoms with E-state index in [0.717, 1.165) is 28.2 Å². The van der Waals surface area contributed by atoms with Crippen LogP contribution in [0.4, 0.5) is 0 Å². The van der Waals surface area contributed by atoms with Crippen LogP contribution in [-0.2, 0) is 6.54 Å². The highest BCUT2D eigenvalue weighted by atomic mass is 32.1. The molecule has 0 bridgehead atoms. The minimum atomic E-state index is 0.0134. The molecular formula is C27H29N3O3S. The Morgan fingerprint density at radius 1 is 1.06 bits per heavy atom. The van der Waals surface area contributed by atoms with Crippen molar-refractivity contribution in [3.05, 3.63) is 88.2 Å². The molecule has 2 aromatic carbocycles. The standard InChI is InChI=1S/C27H29N3O3S/c1-5-19(2)29(26(31)25-16-11-17-34-25)18-22-20(3)28-30(21-12-7-6-8-13-21)27(22)33-24-15-10-9-14-23(24)32-4/h6-17,19H,5,18H2,1-4H3/t19-/m1/s1. The fourth-order valence-electron chi connectivity index (χ4n) is 3.74. The van der Waals surface area contributed by atoms with Crippen molar-refractivity contribution in [3.63, 3.8) is 0 Å². The molecule has 7 heteroatoms. The molecule has 0 fully saturated rings. The highest BCUT2D eigenvalue weighted by Crippen LogP contribution is 2.36. The quantitative estimate of drug-likeness (QED) is 0.278. The summed E-state index contributed by atoms with van der Waals surface area (Å²) in [5.74, 6) is 1.79. The zero-order valence-corrected chi connectivity index (χ0v) is 20.7. The zero-order chi connectivity index (χ0) is 24.1. The average Bonchev–Trinajstić information content (AvgIpc) is 3.51. The lowest BCUT2D eigenvalue weighted by Gasteiger charge is -2.28. The number of aromatic nitrogens is 2. The van der Waals surface area contributed by atoms with Crippen molar-refractivity contribution >= 4 is 17.2 Å². The number of nitrogens with zero attached hydrogens (tertiary/aromatic N) is 3. The Hall–Kier alpha value is -3.58. The number of aryl methyl sites for hydroxylation is 1. The summed E-state index contributed by atoms with van der Waals surface area (Å²) in [5, 5.41) is 6.74. The largest absolute Gasteiger partial charge is 0.493 e. The van der Waals surface area contributed by atoms with E-state index in [0.29, 0.717) is 23.9 Å². The van der Waals surface area contributed by atoms with Crippen LogP contribution in [0.15, 0.2) is 72.1 Å². The first kappa shape index (κ1) is 23.6. The first-order valence-electron chi connectivity index (χ1n) is 11.3. The molecule has 176 valence electrons. The molecule has 0 spiro atoms. The molecule has 0 N–H and O–H groups in total. The number of thiophene rings is 1. The maximum absolute atomic E-state index is 13.4. The lowest BCUT2D eigenvalue weighted by molar-refractivity contribution is 0.0675. The van der Waals surface area contributed by atoms with Crippen LogP contribution in [0, 0.1) is 6.92 Å². The predicted molar refractivity (Wildman–Crippen MR) is 135 cm³/mol. The zero-order valence-electron chi connectivity index (χ0n) is 19.9. The van der Waals surface area contributed by atoms with Gasteiger partial charge in [-0.05, 0) is 56.0 Å². The van der Waals surface area contributed by atoms with Gasteiger partial charge < -0.3 is 14.4 Å². The number of methoxy groups -OCH3 is 1. The molecule has 1 amide bonds. The summed E-state index contributed by atoms with van der Waals surface area (Å²) in [7, 11) is 1.62. The molecule has 0 saturated heterocycles. The predicted octanol–water partition coefficient (Wildman–Crippen LogP) is 6.48. The van der Waals surface area contributed by atoms with Gasteiger partial charge in [-0.3, -0.25) is 4.79 Å². The molecular weight excluding hydrogens is 446 g/mol. The van der Waals surface area contributed by atoms with Crippen LogP contribution in [0.25, 0.3) is 5.69 Å². The van der Waals surface area contributed by atoms with Gasteiger partial charge in [-0.15, -0.1) is 11.3 Å². The highest BCUT2D eigenvalue weighted by molar-refractivity contribution is 7.12. The summed E-state index contributed by atoms with van der Waals surface area (Å²) in [5.41, 5.74) is 2.54. The Morgan fingerprint density at radius 3 is 2.41 bits per heavy atom. The molecule has 6 nitrogen and oxygen atoms in total. The smallest absolute Gasteiger partial charge is 0.264 e. The molecule has 0 unspecified atom stereocenters. The van der Waals surface area contributed by atoms with E-state index in [2.05, 4.69) is 13.8 Å². The molecule has 0 radical (unpaired) electrons. The van der Waals surface area contributed by atoms with E-state index >= 15 is 0 Å². The Labute approximate surface area is 204 Å². The number of ether oxygens (including phenoxy) is 2. The Bertz CT molecular complexity index is 1240. The summed E-state index contributed by atoms with van der Waals surface area (Å²) in [6.07, 6.45) is 0.839. The topological polar surface area (TPSA) is 56.6 Å². The van der Waals surface area contributed by atoms with Gasteiger partial charge in [-0.25, -0.2) is 4.68 Å². The SMILES string of the molecule is CC[C@@H](C)N(Cc1c(C)nn(-c2ccccc2)c1Oc1ccccc1OC)C(=O)c1cccs1. The summed E-state index contributed by atoms with van der Waals surface area (Å²) in [6, 6.07) is 21.2. The number of para-hydroxylation sites is 3. The van der Waals surface area contributed by atoms with Crippen molar-refractivity contribution in [2.75, 3.05) is 7.11 Å². The van der Waals surface area contributed by atoms with Gasteiger partial charge in [0.2, 0.25) is 5.88 Å². The lowest BCUT2D eigenvalue weighted by Crippen LogP contribution is -2.37. The molecule has 2 heterocycles. The van der Waals surface area contributed by atoms with E-state index in [4.69, 9.17) is 14.6 Å². The van der Waals surface area contributed by atoms with Gasteiger partial charge in [0, 0.05) is 6.04 Å². The molecule has 0 saturated carbocycles. The summed E-state index contributed by atoms with van der Waals surface area (Å²) in [4.78, 5) is 16.0. The number of benzene rings is 2. The number of carbonyl (C=O) groups excluding carboxylic acids is 1. The average molecular weight is 476 g/mol. The van der Waals surface area contributed by atoms with E-state index in [9.17, 15) is 4.79 Å². The second kappa shape index (κ2) is 10.6. The molecule has 4 aromatic rings. The van der Waals surface area contributed by atoms with Gasteiger partial charge in [0.15, 0.2) is 11.5 Å². The molecule has 0 aliphatic rings. The molecule has 0 aliphatic heterocycles. The van der Waals surface area contributed by atoms with E-state index in [1.165, 1.54) is 11.3 Å². The van der Waals surface area contributed by atoms with Gasteiger partial charge >= 0.3 is 0 Å². The summed E-state index contributed by atoms with van der Waals surface area (Å²) >= 11 is 1.46. The van der Waals surface area contributed by atoms with Gasteiger partial charge in [0.1, 0.15) is 0 Å². The Morgan fingerprint density at radius 2 is 1.76 bits per heavy atom. The van der Waals surface area contributed by atoms with Crippen molar-refractivity contribution in [2.45, 2.75) is 39.8 Å². The van der Waals surface area contributed by atoms with Gasteiger partial charge in [0.05, 0.1) is 35.5 Å². The molecule has 34 heavy (non-hydrogen) atoms. The maximum Gasteiger partial charge on any atom is 0.264 e. The number of hydrogen-bond acceptors (Lipinski definition) is 5. The van der Waals surface area contributed by atoms with Crippen molar-refractivity contribution in [1.29, 1.82) is 0 Å². The third-order valence-electron chi connectivity index (χ3n) is 5.86. The minimum Gasteiger partial charge on any atom is -0.493 e. The number of amides is 1. The third kappa shape index (κ3) is 4.84. The van der Waals surface area contributed by atoms with Crippen molar-refractivity contribution in [3.8, 4) is 23.1 Å². The van der Waals surface area contributed by atoms with Crippen LogP contribution in [0.2, 0.25) is 0 Å². The van der Waals surface area contributed by atoms with Gasteiger partial charge in [-0.2, -0.15) is 5.10 Å². The van der Waals surface area contributed by atoms with Crippen LogP contribution in [0.1, 0.15) is 41.2 Å². The summed E-state index contributed by atoms with van der Waals surface area (Å²) < 4.78 is 13.8. The molecule has 0 aliphatic carbocycles. The highest BCUT2D eigenvalue weighted by Gasteiger charge is 2.27. The van der Waals surface area contributed by atoms with Crippen molar-refractivity contribution in [2.24, 2.45) is 0 Å². The fraction of sp³-hybridized carbons (Fsp3) is 0.259. The lowest BCUT2D eigenvalue weighted by atomic mass is 10.1. The van der Waals surface area contributed by atoms with E-state index < -0.39 is 0 Å². The number of rotatable bonds is 9. The minimum absolute atomic E-state index is 0.0134.